The van der Waals surface area contributed by atoms with Gasteiger partial charge in [-0.15, -0.1) is 11.3 Å². The minimum atomic E-state index is -0.534. The van der Waals surface area contributed by atoms with Crippen LogP contribution >= 0.6 is 27.3 Å². The lowest BCUT2D eigenvalue weighted by molar-refractivity contribution is -0.142. The Morgan fingerprint density at radius 2 is 2.00 bits per heavy atom. The fourth-order valence-corrected chi connectivity index (χ4v) is 5.05. The molecule has 3 rings (SSSR count). The molecule has 0 aliphatic carbocycles. The molecule has 0 atom stereocenters. The smallest absolute Gasteiger partial charge is 0.351 e. The van der Waals surface area contributed by atoms with E-state index >= 15 is 0 Å². The van der Waals surface area contributed by atoms with Crippen LogP contribution in [0.5, 0.6) is 5.75 Å². The number of methoxy groups -OCH3 is 2. The number of nitrogens with one attached hydrogen (secondary N) is 2. The maximum Gasteiger partial charge on any atom is 0.351 e. The van der Waals surface area contributed by atoms with E-state index in [1.165, 1.54) is 25.6 Å². The predicted molar refractivity (Wildman–Crippen MR) is 116 cm³/mol. The molecule has 0 radical (unpaired) electrons. The molecule has 7 nitrogen and oxygen atoms in total. The summed E-state index contributed by atoms with van der Waals surface area (Å²) in [4.78, 5) is 24.8. The van der Waals surface area contributed by atoms with E-state index in [9.17, 15) is 9.59 Å². The molecule has 0 saturated carbocycles. The van der Waals surface area contributed by atoms with Crippen LogP contribution in [0, 0.1) is 0 Å². The van der Waals surface area contributed by atoms with E-state index in [-0.39, 0.29) is 17.2 Å². The molecule has 1 aromatic carbocycles. The minimum Gasteiger partial charge on any atom is -0.479 e. The normalized spacial score (nSPS) is 14.3. The van der Waals surface area contributed by atoms with Crippen LogP contribution in [0.1, 0.15) is 22.5 Å². The molecule has 0 unspecified atom stereocenters. The molecule has 2 N–H and O–H groups in total. The van der Waals surface area contributed by atoms with Crippen LogP contribution < -0.4 is 15.4 Å². The number of anilines is 1. The van der Waals surface area contributed by atoms with E-state index in [0.717, 1.165) is 42.1 Å². The SMILES string of the molecule is COC(=O)COc1c(C(=O)OC)sc(-c2cccc(NC3CCNCC3)c2)c1Br. The van der Waals surface area contributed by atoms with Gasteiger partial charge in [-0.05, 0) is 59.6 Å². The molecule has 29 heavy (non-hydrogen) atoms. The number of ether oxygens (including phenoxy) is 3. The largest absolute Gasteiger partial charge is 0.479 e. The summed E-state index contributed by atoms with van der Waals surface area (Å²) in [6.07, 6.45) is 2.15. The van der Waals surface area contributed by atoms with E-state index in [4.69, 9.17) is 9.47 Å². The fourth-order valence-electron chi connectivity index (χ4n) is 3.08. The first-order valence-electron chi connectivity index (χ1n) is 9.21. The summed E-state index contributed by atoms with van der Waals surface area (Å²) in [6, 6.07) is 8.45. The van der Waals surface area contributed by atoms with Gasteiger partial charge in [0.05, 0.1) is 23.6 Å². The summed E-state index contributed by atoms with van der Waals surface area (Å²) in [6.45, 7) is 1.72. The van der Waals surface area contributed by atoms with Crippen LogP contribution in [0.25, 0.3) is 10.4 Å². The monoisotopic (exact) mass is 482 g/mol. The summed E-state index contributed by atoms with van der Waals surface area (Å²) in [5.41, 5.74) is 1.95. The second-order valence-corrected chi connectivity index (χ2v) is 8.32. The zero-order valence-corrected chi connectivity index (χ0v) is 18.7. The van der Waals surface area contributed by atoms with Gasteiger partial charge in [0.15, 0.2) is 17.2 Å². The van der Waals surface area contributed by atoms with Gasteiger partial charge in [0.1, 0.15) is 0 Å². The molecule has 1 fully saturated rings. The van der Waals surface area contributed by atoms with Gasteiger partial charge in [0.25, 0.3) is 0 Å². The van der Waals surface area contributed by atoms with Crippen LogP contribution in [0.4, 0.5) is 5.69 Å². The molecule has 1 saturated heterocycles. The third kappa shape index (κ3) is 5.29. The Morgan fingerprint density at radius 1 is 1.24 bits per heavy atom. The Labute approximate surface area is 181 Å². The third-order valence-corrected chi connectivity index (χ3v) is 6.80. The van der Waals surface area contributed by atoms with E-state index < -0.39 is 11.9 Å². The number of carbonyl (C=O) groups is 2. The molecule has 156 valence electrons. The molecular weight excluding hydrogens is 460 g/mol. The summed E-state index contributed by atoms with van der Waals surface area (Å²) in [5, 5.41) is 6.94. The first-order chi connectivity index (χ1) is 14.0. The van der Waals surface area contributed by atoms with E-state index in [1.54, 1.807) is 0 Å². The molecule has 0 spiro atoms. The van der Waals surface area contributed by atoms with Crippen LogP contribution in [0.15, 0.2) is 28.7 Å². The Balaban J connectivity index is 1.89. The third-order valence-electron chi connectivity index (χ3n) is 4.58. The zero-order chi connectivity index (χ0) is 20.8. The van der Waals surface area contributed by atoms with Crippen molar-refractivity contribution in [2.45, 2.75) is 18.9 Å². The van der Waals surface area contributed by atoms with Crippen molar-refractivity contribution >= 4 is 44.9 Å². The summed E-state index contributed by atoms with van der Waals surface area (Å²) in [7, 11) is 2.59. The first kappa shape index (κ1) is 21.6. The maximum atomic E-state index is 12.2. The summed E-state index contributed by atoms with van der Waals surface area (Å²) in [5.74, 6) is -0.779. The van der Waals surface area contributed by atoms with Gasteiger partial charge in [-0.1, -0.05) is 12.1 Å². The van der Waals surface area contributed by atoms with Gasteiger partial charge < -0.3 is 24.8 Å². The highest BCUT2D eigenvalue weighted by Gasteiger charge is 2.25. The van der Waals surface area contributed by atoms with Crippen molar-refractivity contribution in [2.24, 2.45) is 0 Å². The number of hydrogen-bond acceptors (Lipinski definition) is 8. The highest BCUT2D eigenvalue weighted by Crippen LogP contribution is 2.46. The fraction of sp³-hybridized carbons (Fsp3) is 0.400. The Bertz CT molecular complexity index is 880. The van der Waals surface area contributed by atoms with E-state index in [2.05, 4.69) is 31.3 Å². The van der Waals surface area contributed by atoms with Gasteiger partial charge in [-0.3, -0.25) is 0 Å². The number of thiophene rings is 1. The maximum absolute atomic E-state index is 12.2. The Morgan fingerprint density at radius 3 is 2.69 bits per heavy atom. The molecular formula is C20H23BrN2O5S. The molecule has 1 aliphatic rings. The molecule has 9 heteroatoms. The van der Waals surface area contributed by atoms with Gasteiger partial charge in [-0.2, -0.15) is 0 Å². The van der Waals surface area contributed by atoms with Gasteiger partial charge in [0.2, 0.25) is 0 Å². The number of hydrogen-bond donors (Lipinski definition) is 2. The lowest BCUT2D eigenvalue weighted by Crippen LogP contribution is -2.35. The van der Waals surface area contributed by atoms with Crippen molar-refractivity contribution in [2.75, 3.05) is 39.2 Å². The van der Waals surface area contributed by atoms with Crippen molar-refractivity contribution in [1.82, 2.24) is 5.32 Å². The zero-order valence-electron chi connectivity index (χ0n) is 16.2. The van der Waals surface area contributed by atoms with Crippen molar-refractivity contribution in [3.63, 3.8) is 0 Å². The standard InChI is InChI=1S/C20H23BrN2O5S/c1-26-15(24)11-28-17-16(21)18(29-19(17)20(25)27-2)12-4-3-5-14(10-12)23-13-6-8-22-9-7-13/h3-5,10,13,22-23H,6-9,11H2,1-2H3. The Hall–Kier alpha value is -2.10. The number of esters is 2. The van der Waals surface area contributed by atoms with Crippen LogP contribution in [-0.4, -0.2) is 51.9 Å². The number of rotatable bonds is 7. The van der Waals surface area contributed by atoms with Crippen molar-refractivity contribution in [3.8, 4) is 16.2 Å². The molecule has 2 aromatic rings. The highest BCUT2D eigenvalue weighted by atomic mass is 79.9. The number of carbonyl (C=O) groups excluding carboxylic acids is 2. The number of halogens is 1. The topological polar surface area (TPSA) is 85.9 Å². The molecule has 1 aromatic heterocycles. The molecule has 2 heterocycles. The second-order valence-electron chi connectivity index (χ2n) is 6.51. The van der Waals surface area contributed by atoms with Gasteiger partial charge in [-0.25, -0.2) is 9.59 Å². The van der Waals surface area contributed by atoms with Crippen molar-refractivity contribution < 1.29 is 23.8 Å². The van der Waals surface area contributed by atoms with Crippen LogP contribution in [-0.2, 0) is 14.3 Å². The average Bonchev–Trinajstić information content (AvgIpc) is 3.08. The van der Waals surface area contributed by atoms with Crippen LogP contribution in [0.3, 0.4) is 0 Å². The van der Waals surface area contributed by atoms with Crippen LogP contribution in [0.2, 0.25) is 0 Å². The summed E-state index contributed by atoms with van der Waals surface area (Å²) < 4.78 is 15.7. The van der Waals surface area contributed by atoms with Gasteiger partial charge in [0, 0.05) is 11.7 Å². The summed E-state index contributed by atoms with van der Waals surface area (Å²) >= 11 is 4.78. The number of benzene rings is 1. The quantitative estimate of drug-likeness (QED) is 0.582. The Kier molecular flexibility index (Phi) is 7.51. The lowest BCUT2D eigenvalue weighted by atomic mass is 10.1. The first-order valence-corrected chi connectivity index (χ1v) is 10.8. The number of piperidine rings is 1. The van der Waals surface area contributed by atoms with E-state index in [0.29, 0.717) is 10.5 Å². The lowest BCUT2D eigenvalue weighted by Gasteiger charge is -2.24. The molecule has 0 amide bonds. The molecule has 1 aliphatic heterocycles. The van der Waals surface area contributed by atoms with Crippen molar-refractivity contribution in [1.29, 1.82) is 0 Å². The molecule has 0 bridgehead atoms. The minimum absolute atomic E-state index is 0.277. The van der Waals surface area contributed by atoms with Crippen molar-refractivity contribution in [3.05, 3.63) is 33.6 Å². The second kappa shape index (κ2) is 10.1. The predicted octanol–water partition coefficient (Wildman–Crippen LogP) is 3.68. The van der Waals surface area contributed by atoms with Gasteiger partial charge >= 0.3 is 11.9 Å². The highest BCUT2D eigenvalue weighted by molar-refractivity contribution is 9.10. The van der Waals surface area contributed by atoms with E-state index in [1.807, 2.05) is 24.3 Å². The average molecular weight is 483 g/mol.